The molecule has 0 aromatic carbocycles. The summed E-state index contributed by atoms with van der Waals surface area (Å²) in [5.74, 6) is 1.68. The first-order chi connectivity index (χ1) is 7.13. The van der Waals surface area contributed by atoms with Crippen molar-refractivity contribution in [1.82, 2.24) is 4.90 Å². The first-order valence-electron chi connectivity index (χ1n) is 6.38. The normalized spacial score (nSPS) is 42.2. The zero-order valence-corrected chi connectivity index (χ0v) is 10.6. The molecular formula is C13H25NO. The molecule has 88 valence electrons. The number of fused-ring (bicyclic) bond motifs is 1. The first-order valence-corrected chi connectivity index (χ1v) is 6.38. The third-order valence-electron chi connectivity index (χ3n) is 4.59. The van der Waals surface area contributed by atoms with Crippen LogP contribution in [0.5, 0.6) is 0 Å². The van der Waals surface area contributed by atoms with E-state index in [4.69, 9.17) is 4.74 Å². The van der Waals surface area contributed by atoms with Crippen LogP contribution in [-0.4, -0.2) is 37.2 Å². The lowest BCUT2D eigenvalue weighted by Gasteiger charge is -2.34. The maximum Gasteiger partial charge on any atom is 0.0575 e. The van der Waals surface area contributed by atoms with E-state index in [1.165, 1.54) is 25.7 Å². The van der Waals surface area contributed by atoms with Crippen LogP contribution in [0.3, 0.4) is 0 Å². The lowest BCUT2D eigenvalue weighted by Crippen LogP contribution is -2.39. The number of methoxy groups -OCH3 is 1. The molecule has 0 spiro atoms. The van der Waals surface area contributed by atoms with Crippen LogP contribution in [0.4, 0.5) is 0 Å². The van der Waals surface area contributed by atoms with Crippen LogP contribution in [0.15, 0.2) is 0 Å². The Morgan fingerprint density at radius 3 is 2.53 bits per heavy atom. The van der Waals surface area contributed by atoms with Gasteiger partial charge in [0.2, 0.25) is 0 Å². The van der Waals surface area contributed by atoms with Crippen LogP contribution in [-0.2, 0) is 4.74 Å². The fourth-order valence-electron chi connectivity index (χ4n) is 3.67. The molecule has 0 N–H and O–H groups in total. The van der Waals surface area contributed by atoms with Crippen molar-refractivity contribution in [3.63, 3.8) is 0 Å². The number of nitrogens with zero attached hydrogens (tertiary/aromatic N) is 1. The third kappa shape index (κ3) is 2.07. The molecule has 4 unspecified atom stereocenters. The van der Waals surface area contributed by atoms with Gasteiger partial charge in [0, 0.05) is 19.2 Å². The average molecular weight is 211 g/mol. The van der Waals surface area contributed by atoms with Gasteiger partial charge in [-0.25, -0.2) is 0 Å². The summed E-state index contributed by atoms with van der Waals surface area (Å²) < 4.78 is 5.51. The molecule has 2 fully saturated rings. The Kier molecular flexibility index (Phi) is 3.36. The topological polar surface area (TPSA) is 12.5 Å². The number of hydrogen-bond donors (Lipinski definition) is 0. The van der Waals surface area contributed by atoms with Gasteiger partial charge in [0.15, 0.2) is 0 Å². The minimum absolute atomic E-state index is 0.533. The van der Waals surface area contributed by atoms with E-state index in [9.17, 15) is 0 Å². The van der Waals surface area contributed by atoms with Gasteiger partial charge in [0.25, 0.3) is 0 Å². The molecule has 1 saturated heterocycles. The molecule has 1 saturated carbocycles. The molecule has 15 heavy (non-hydrogen) atoms. The summed E-state index contributed by atoms with van der Waals surface area (Å²) >= 11 is 0. The van der Waals surface area contributed by atoms with Crippen molar-refractivity contribution < 1.29 is 4.74 Å². The second kappa shape index (κ2) is 4.42. The Bertz CT molecular complexity index is 217. The maximum atomic E-state index is 5.51. The molecule has 1 heterocycles. The minimum atomic E-state index is 0.533. The van der Waals surface area contributed by atoms with Crippen molar-refractivity contribution in [3.05, 3.63) is 0 Å². The molecule has 1 aliphatic heterocycles. The largest absolute Gasteiger partial charge is 0.381 e. The highest BCUT2D eigenvalue weighted by molar-refractivity contribution is 4.97. The monoisotopic (exact) mass is 211 g/mol. The molecule has 0 amide bonds. The van der Waals surface area contributed by atoms with Gasteiger partial charge >= 0.3 is 0 Å². The van der Waals surface area contributed by atoms with Crippen LogP contribution in [0, 0.1) is 11.8 Å². The molecule has 4 atom stereocenters. The lowest BCUT2D eigenvalue weighted by atomic mass is 9.82. The quantitative estimate of drug-likeness (QED) is 0.696. The van der Waals surface area contributed by atoms with Crippen LogP contribution >= 0.6 is 0 Å². The fourth-order valence-corrected chi connectivity index (χ4v) is 3.67. The molecule has 0 aromatic heterocycles. The van der Waals surface area contributed by atoms with Gasteiger partial charge in [0.1, 0.15) is 0 Å². The van der Waals surface area contributed by atoms with Crippen molar-refractivity contribution in [2.45, 2.75) is 57.7 Å². The predicted octanol–water partition coefficient (Wildman–Crippen LogP) is 2.53. The van der Waals surface area contributed by atoms with Crippen molar-refractivity contribution in [1.29, 1.82) is 0 Å². The van der Waals surface area contributed by atoms with E-state index in [-0.39, 0.29) is 0 Å². The molecule has 0 aromatic rings. The van der Waals surface area contributed by atoms with Gasteiger partial charge in [-0.2, -0.15) is 0 Å². The van der Waals surface area contributed by atoms with Crippen molar-refractivity contribution >= 4 is 0 Å². The van der Waals surface area contributed by atoms with Crippen LogP contribution in [0.1, 0.15) is 39.5 Å². The second-order valence-corrected chi connectivity index (χ2v) is 5.71. The number of rotatable bonds is 2. The first kappa shape index (κ1) is 11.4. The standard InChI is InChI=1S/C13H25NO/c1-9(2)13-8-10-7-11(15-4)5-6-12(10)14(13)3/h9-13H,5-8H2,1-4H3. The van der Waals surface area contributed by atoms with E-state index in [1.54, 1.807) is 0 Å². The van der Waals surface area contributed by atoms with Crippen LogP contribution < -0.4 is 0 Å². The lowest BCUT2D eigenvalue weighted by molar-refractivity contribution is 0.0330. The number of hydrogen-bond acceptors (Lipinski definition) is 2. The van der Waals surface area contributed by atoms with E-state index < -0.39 is 0 Å². The molecule has 0 bridgehead atoms. The van der Waals surface area contributed by atoms with Gasteiger partial charge in [-0.3, -0.25) is 4.90 Å². The van der Waals surface area contributed by atoms with E-state index in [0.29, 0.717) is 6.10 Å². The summed E-state index contributed by atoms with van der Waals surface area (Å²) in [6.45, 7) is 4.71. The molecule has 0 radical (unpaired) electrons. The second-order valence-electron chi connectivity index (χ2n) is 5.71. The Morgan fingerprint density at radius 2 is 1.93 bits per heavy atom. The Balaban J connectivity index is 2.01. The number of ether oxygens (including phenoxy) is 1. The Labute approximate surface area is 94.0 Å². The van der Waals surface area contributed by atoms with Gasteiger partial charge < -0.3 is 4.74 Å². The average Bonchev–Trinajstić information content (AvgIpc) is 2.55. The SMILES string of the molecule is COC1CCC2C(C1)CC(C(C)C)N2C. The van der Waals surface area contributed by atoms with Crippen LogP contribution in [0.25, 0.3) is 0 Å². The Hall–Kier alpha value is -0.0800. The highest BCUT2D eigenvalue weighted by Gasteiger charge is 2.43. The molecule has 2 aliphatic rings. The van der Waals surface area contributed by atoms with E-state index in [2.05, 4.69) is 25.8 Å². The van der Waals surface area contributed by atoms with Gasteiger partial charge in [-0.05, 0) is 44.6 Å². The molecule has 1 aliphatic carbocycles. The summed E-state index contributed by atoms with van der Waals surface area (Å²) in [7, 11) is 4.19. The van der Waals surface area contributed by atoms with E-state index in [1.807, 2.05) is 7.11 Å². The molecule has 2 heteroatoms. The summed E-state index contributed by atoms with van der Waals surface area (Å²) in [6.07, 6.45) is 5.80. The van der Waals surface area contributed by atoms with Gasteiger partial charge in [0.05, 0.1) is 6.10 Å². The maximum absolute atomic E-state index is 5.51. The van der Waals surface area contributed by atoms with E-state index >= 15 is 0 Å². The number of likely N-dealkylation sites (tertiary alicyclic amines) is 1. The van der Waals surface area contributed by atoms with Gasteiger partial charge in [-0.15, -0.1) is 0 Å². The minimum Gasteiger partial charge on any atom is -0.381 e. The smallest absolute Gasteiger partial charge is 0.0575 e. The third-order valence-corrected chi connectivity index (χ3v) is 4.59. The highest BCUT2D eigenvalue weighted by Crippen LogP contribution is 2.41. The molecule has 2 nitrogen and oxygen atoms in total. The zero-order chi connectivity index (χ0) is 11.0. The Morgan fingerprint density at radius 1 is 1.20 bits per heavy atom. The molecule has 2 rings (SSSR count). The fraction of sp³-hybridized carbons (Fsp3) is 1.00. The zero-order valence-electron chi connectivity index (χ0n) is 10.6. The van der Waals surface area contributed by atoms with Crippen molar-refractivity contribution in [2.24, 2.45) is 11.8 Å². The van der Waals surface area contributed by atoms with Gasteiger partial charge in [-0.1, -0.05) is 13.8 Å². The van der Waals surface area contributed by atoms with Crippen molar-refractivity contribution in [2.75, 3.05) is 14.2 Å². The predicted molar refractivity (Wildman–Crippen MR) is 62.9 cm³/mol. The summed E-state index contributed by atoms with van der Waals surface area (Å²) in [4.78, 5) is 2.64. The van der Waals surface area contributed by atoms with Crippen molar-refractivity contribution in [3.8, 4) is 0 Å². The van der Waals surface area contributed by atoms with E-state index in [0.717, 1.165) is 23.9 Å². The highest BCUT2D eigenvalue weighted by atomic mass is 16.5. The summed E-state index contributed by atoms with van der Waals surface area (Å²) in [5.41, 5.74) is 0. The summed E-state index contributed by atoms with van der Waals surface area (Å²) in [5, 5.41) is 0. The molecular weight excluding hydrogens is 186 g/mol. The van der Waals surface area contributed by atoms with Crippen LogP contribution in [0.2, 0.25) is 0 Å². The summed E-state index contributed by atoms with van der Waals surface area (Å²) in [6, 6.07) is 1.64.